The largest absolute Gasteiger partial charge is 0.478 e. The Kier molecular flexibility index (Phi) is 16.8. The number of likely N-dealkylation sites (N-methyl/N-ethyl adjacent to an activating group) is 1. The first-order valence-corrected chi connectivity index (χ1v) is 19.9. The van der Waals surface area contributed by atoms with Crippen molar-refractivity contribution < 1.29 is 23.9 Å². The normalized spacial score (nSPS) is 12.1. The summed E-state index contributed by atoms with van der Waals surface area (Å²) in [5.74, 6) is 1.04. The quantitative estimate of drug-likeness (QED) is 0.0691. The van der Waals surface area contributed by atoms with Crippen molar-refractivity contribution in [2.75, 3.05) is 19.7 Å². The minimum atomic E-state index is -0.696. The van der Waals surface area contributed by atoms with E-state index >= 15 is 0 Å². The lowest BCUT2D eigenvalue weighted by atomic mass is 9.86. The van der Waals surface area contributed by atoms with Crippen molar-refractivity contribution >= 4 is 17.9 Å². The van der Waals surface area contributed by atoms with E-state index < -0.39 is 17.7 Å². The van der Waals surface area contributed by atoms with Crippen LogP contribution in [-0.2, 0) is 26.3 Å². The fourth-order valence-electron chi connectivity index (χ4n) is 6.04. The standard InChI is InChI=1S/C43H60N8O5/c1-7-44-39(53)35(47-41(54)56-42(2,3)4)24-14-17-27-45-37(52)25-15-18-28-51-49-40(48-50-51)43(5,6)26-16-19-29-55-38-31-34(32-20-10-8-11-21-32)30-36(46-38)33-22-12-9-13-23-33/h8-13,20-23,30-31,35H,7,14-19,24-29H2,1-6H3,(H,44,53)(H,45,52)(H,47,54). The summed E-state index contributed by atoms with van der Waals surface area (Å²) in [6, 6.07) is 23.8. The van der Waals surface area contributed by atoms with Gasteiger partial charge in [0.15, 0.2) is 5.82 Å². The fraction of sp³-hybridized carbons (Fsp3) is 0.512. The Labute approximate surface area is 331 Å². The number of benzene rings is 2. The summed E-state index contributed by atoms with van der Waals surface area (Å²) in [6.45, 7) is 13.5. The van der Waals surface area contributed by atoms with Gasteiger partial charge in [-0.2, -0.15) is 4.80 Å². The van der Waals surface area contributed by atoms with Crippen molar-refractivity contribution in [1.82, 2.24) is 41.1 Å². The first-order chi connectivity index (χ1) is 26.8. The predicted octanol–water partition coefficient (Wildman–Crippen LogP) is 7.42. The van der Waals surface area contributed by atoms with Crippen LogP contribution in [0.15, 0.2) is 72.8 Å². The molecule has 1 atom stereocenters. The van der Waals surface area contributed by atoms with E-state index in [4.69, 9.17) is 14.5 Å². The average Bonchev–Trinajstić information content (AvgIpc) is 3.66. The monoisotopic (exact) mass is 768 g/mol. The van der Waals surface area contributed by atoms with Crippen LogP contribution in [0.3, 0.4) is 0 Å². The summed E-state index contributed by atoms with van der Waals surface area (Å²) in [6.07, 6.45) is 5.66. The number of carbonyl (C=O) groups excluding carboxylic acids is 3. The lowest BCUT2D eigenvalue weighted by Crippen LogP contribution is -2.48. The number of aryl methyl sites for hydroxylation is 1. The van der Waals surface area contributed by atoms with Gasteiger partial charge in [-0.1, -0.05) is 74.5 Å². The number of hydrogen-bond donors (Lipinski definition) is 3. The molecule has 0 bridgehead atoms. The molecule has 0 radical (unpaired) electrons. The van der Waals surface area contributed by atoms with Crippen LogP contribution < -0.4 is 20.7 Å². The SMILES string of the molecule is CCNC(=O)C(CCCCNC(=O)CCCCn1nnc(C(C)(C)CCCCOc2cc(-c3ccccc3)cc(-c3ccccc3)n2)n1)NC(=O)OC(C)(C)C. The maximum absolute atomic E-state index is 12.4. The highest BCUT2D eigenvalue weighted by atomic mass is 16.6. The van der Waals surface area contributed by atoms with Gasteiger partial charge >= 0.3 is 6.09 Å². The Morgan fingerprint density at radius 1 is 0.804 bits per heavy atom. The van der Waals surface area contributed by atoms with E-state index in [-0.39, 0.29) is 17.2 Å². The number of rotatable bonds is 22. The van der Waals surface area contributed by atoms with Gasteiger partial charge in [0.2, 0.25) is 17.7 Å². The molecule has 3 N–H and O–H groups in total. The second kappa shape index (κ2) is 21.7. The highest BCUT2D eigenvalue weighted by molar-refractivity contribution is 5.85. The molecular formula is C43H60N8O5. The third-order valence-corrected chi connectivity index (χ3v) is 9.09. The number of unbranched alkanes of at least 4 members (excludes halogenated alkanes) is 3. The number of tetrazole rings is 1. The van der Waals surface area contributed by atoms with Gasteiger partial charge in [0.05, 0.1) is 18.8 Å². The van der Waals surface area contributed by atoms with E-state index in [1.54, 1.807) is 25.6 Å². The van der Waals surface area contributed by atoms with Crippen molar-refractivity contribution in [1.29, 1.82) is 0 Å². The Balaban J connectivity index is 1.12. The van der Waals surface area contributed by atoms with Gasteiger partial charge in [-0.25, -0.2) is 9.78 Å². The summed E-state index contributed by atoms with van der Waals surface area (Å²) in [5.41, 5.74) is 3.20. The molecule has 0 aliphatic rings. The van der Waals surface area contributed by atoms with Crippen LogP contribution in [0.25, 0.3) is 22.4 Å². The third kappa shape index (κ3) is 15.1. The lowest BCUT2D eigenvalue weighted by molar-refractivity contribution is -0.123. The summed E-state index contributed by atoms with van der Waals surface area (Å²) in [5, 5.41) is 21.6. The van der Waals surface area contributed by atoms with E-state index in [2.05, 4.69) is 75.5 Å². The number of ether oxygens (including phenoxy) is 2. The summed E-state index contributed by atoms with van der Waals surface area (Å²) in [4.78, 5) is 43.5. The molecule has 0 spiro atoms. The molecule has 0 fully saturated rings. The van der Waals surface area contributed by atoms with Gasteiger partial charge in [0.25, 0.3) is 0 Å². The molecule has 302 valence electrons. The Morgan fingerprint density at radius 3 is 2.21 bits per heavy atom. The summed E-state index contributed by atoms with van der Waals surface area (Å²) >= 11 is 0. The second-order valence-electron chi connectivity index (χ2n) is 15.6. The first-order valence-electron chi connectivity index (χ1n) is 19.9. The lowest BCUT2D eigenvalue weighted by Gasteiger charge is -2.23. The summed E-state index contributed by atoms with van der Waals surface area (Å²) in [7, 11) is 0. The smallest absolute Gasteiger partial charge is 0.408 e. The molecule has 4 aromatic rings. The van der Waals surface area contributed by atoms with Crippen molar-refractivity contribution in [2.24, 2.45) is 0 Å². The Morgan fingerprint density at radius 2 is 1.52 bits per heavy atom. The molecule has 0 saturated heterocycles. The molecule has 4 rings (SSSR count). The van der Waals surface area contributed by atoms with Crippen LogP contribution in [0.1, 0.15) is 105 Å². The van der Waals surface area contributed by atoms with Crippen molar-refractivity contribution in [3.05, 3.63) is 78.6 Å². The van der Waals surface area contributed by atoms with Gasteiger partial charge < -0.3 is 25.4 Å². The molecule has 13 heteroatoms. The van der Waals surface area contributed by atoms with Gasteiger partial charge in [-0.05, 0) is 101 Å². The highest BCUT2D eigenvalue weighted by Crippen LogP contribution is 2.29. The molecule has 2 aromatic carbocycles. The zero-order chi connectivity index (χ0) is 40.4. The van der Waals surface area contributed by atoms with Crippen molar-refractivity contribution in [3.8, 4) is 28.3 Å². The number of pyridine rings is 1. The van der Waals surface area contributed by atoms with Crippen molar-refractivity contribution in [2.45, 2.75) is 123 Å². The molecule has 1 unspecified atom stereocenters. The van der Waals surface area contributed by atoms with Gasteiger partial charge in [0.1, 0.15) is 11.6 Å². The minimum absolute atomic E-state index is 0.0224. The molecule has 56 heavy (non-hydrogen) atoms. The first kappa shape index (κ1) is 43.4. The number of hydrogen-bond acceptors (Lipinski definition) is 9. The maximum atomic E-state index is 12.4. The van der Waals surface area contributed by atoms with Crippen LogP contribution in [0, 0.1) is 0 Å². The van der Waals surface area contributed by atoms with E-state index in [9.17, 15) is 14.4 Å². The topological polar surface area (TPSA) is 162 Å². The Hall–Kier alpha value is -5.33. The number of aromatic nitrogens is 5. The van der Waals surface area contributed by atoms with E-state index in [1.807, 2.05) is 49.4 Å². The Bertz CT molecular complexity index is 1750. The zero-order valence-electron chi connectivity index (χ0n) is 34.0. The maximum Gasteiger partial charge on any atom is 0.408 e. The number of nitrogens with zero attached hydrogens (tertiary/aromatic N) is 5. The molecule has 13 nitrogen and oxygen atoms in total. The molecule has 3 amide bonds. The van der Waals surface area contributed by atoms with Crippen LogP contribution >= 0.6 is 0 Å². The van der Waals surface area contributed by atoms with Crippen LogP contribution in [0.2, 0.25) is 0 Å². The number of nitrogens with one attached hydrogen (secondary N) is 3. The highest BCUT2D eigenvalue weighted by Gasteiger charge is 2.26. The molecular weight excluding hydrogens is 709 g/mol. The molecule has 0 aliphatic heterocycles. The second-order valence-corrected chi connectivity index (χ2v) is 15.6. The third-order valence-electron chi connectivity index (χ3n) is 9.09. The molecule has 0 saturated carbocycles. The predicted molar refractivity (Wildman–Crippen MR) is 218 cm³/mol. The van der Waals surface area contributed by atoms with E-state index in [0.29, 0.717) is 70.0 Å². The van der Waals surface area contributed by atoms with Crippen molar-refractivity contribution in [3.63, 3.8) is 0 Å². The zero-order valence-corrected chi connectivity index (χ0v) is 34.0. The number of amides is 3. The molecule has 2 aromatic heterocycles. The number of alkyl carbamates (subject to hydrolysis) is 1. The average molecular weight is 769 g/mol. The van der Waals surface area contributed by atoms with E-state index in [1.165, 1.54) is 0 Å². The van der Waals surface area contributed by atoms with Crippen LogP contribution in [0.4, 0.5) is 4.79 Å². The molecule has 2 heterocycles. The molecule has 0 aliphatic carbocycles. The minimum Gasteiger partial charge on any atom is -0.478 e. The van der Waals surface area contributed by atoms with Gasteiger partial charge in [-0.3, -0.25) is 9.59 Å². The van der Waals surface area contributed by atoms with Crippen LogP contribution in [0.5, 0.6) is 5.88 Å². The summed E-state index contributed by atoms with van der Waals surface area (Å²) < 4.78 is 11.5. The number of carbonyl (C=O) groups is 3. The fourth-order valence-corrected chi connectivity index (χ4v) is 6.04. The van der Waals surface area contributed by atoms with Gasteiger partial charge in [-0.15, -0.1) is 10.2 Å². The van der Waals surface area contributed by atoms with Gasteiger partial charge in [0, 0.05) is 36.6 Å². The van der Waals surface area contributed by atoms with Crippen LogP contribution in [-0.4, -0.2) is 74.4 Å². The van der Waals surface area contributed by atoms with E-state index in [0.717, 1.165) is 48.1 Å².